The SMILES string of the molecule is CC[C@@H](C(=O)OC(C)(C)C)C(C)(C)CS(=O)c1ccc(C)cc1. The van der Waals surface area contributed by atoms with E-state index in [1.165, 1.54) is 0 Å². The van der Waals surface area contributed by atoms with Crippen molar-refractivity contribution in [3.8, 4) is 0 Å². The maximum absolute atomic E-state index is 12.7. The Bertz CT molecular complexity index is 553. The molecule has 0 saturated heterocycles. The van der Waals surface area contributed by atoms with E-state index in [0.29, 0.717) is 12.2 Å². The van der Waals surface area contributed by atoms with Crippen molar-refractivity contribution in [2.45, 2.75) is 65.4 Å². The fourth-order valence-corrected chi connectivity index (χ4v) is 4.11. The molecule has 1 unspecified atom stereocenters. The summed E-state index contributed by atoms with van der Waals surface area (Å²) < 4.78 is 18.2. The minimum Gasteiger partial charge on any atom is -0.460 e. The van der Waals surface area contributed by atoms with Crippen LogP contribution in [0.2, 0.25) is 0 Å². The van der Waals surface area contributed by atoms with Gasteiger partial charge in [0.1, 0.15) is 5.60 Å². The molecule has 4 heteroatoms. The molecule has 0 amide bonds. The average Bonchev–Trinajstić information content (AvgIpc) is 2.36. The molecular weight excluding hydrogens is 308 g/mol. The highest BCUT2D eigenvalue weighted by Crippen LogP contribution is 2.33. The van der Waals surface area contributed by atoms with Crippen LogP contribution in [0, 0.1) is 18.3 Å². The molecule has 0 aliphatic carbocycles. The van der Waals surface area contributed by atoms with Crippen LogP contribution in [0.3, 0.4) is 0 Å². The van der Waals surface area contributed by atoms with Gasteiger partial charge < -0.3 is 4.74 Å². The molecule has 0 saturated carbocycles. The van der Waals surface area contributed by atoms with Crippen LogP contribution in [0.15, 0.2) is 29.2 Å². The smallest absolute Gasteiger partial charge is 0.310 e. The summed E-state index contributed by atoms with van der Waals surface area (Å²) in [5.74, 6) is -0.0320. The van der Waals surface area contributed by atoms with Gasteiger partial charge in [-0.05, 0) is 51.7 Å². The Balaban J connectivity index is 2.88. The lowest BCUT2D eigenvalue weighted by Crippen LogP contribution is -2.39. The number of carbonyl (C=O) groups is 1. The normalized spacial score (nSPS) is 15.1. The van der Waals surface area contributed by atoms with Gasteiger partial charge >= 0.3 is 5.97 Å². The second kappa shape index (κ2) is 7.61. The number of hydrogen-bond acceptors (Lipinski definition) is 3. The molecule has 0 bridgehead atoms. The van der Waals surface area contributed by atoms with E-state index >= 15 is 0 Å². The third-order valence-electron chi connectivity index (χ3n) is 3.83. The minimum atomic E-state index is -1.13. The van der Waals surface area contributed by atoms with Crippen LogP contribution in [0.4, 0.5) is 0 Å². The maximum Gasteiger partial charge on any atom is 0.310 e. The molecule has 1 aromatic carbocycles. The summed E-state index contributed by atoms with van der Waals surface area (Å²) in [6.07, 6.45) is 0.674. The standard InChI is InChI=1S/C19H30O3S/c1-8-16(17(20)22-18(3,4)5)19(6,7)13-23(21)15-11-9-14(2)10-12-15/h9-12,16H,8,13H2,1-7H3/t16-,23?/m0/s1. The molecule has 0 N–H and O–H groups in total. The Labute approximate surface area is 143 Å². The number of carbonyl (C=O) groups excluding carboxylic acids is 1. The maximum atomic E-state index is 12.7. The average molecular weight is 339 g/mol. The fourth-order valence-electron chi connectivity index (χ4n) is 2.62. The Morgan fingerprint density at radius 3 is 2.09 bits per heavy atom. The molecule has 0 spiro atoms. The molecule has 23 heavy (non-hydrogen) atoms. The molecule has 130 valence electrons. The van der Waals surface area contributed by atoms with Gasteiger partial charge in [0, 0.05) is 10.6 Å². The van der Waals surface area contributed by atoms with E-state index in [2.05, 4.69) is 0 Å². The van der Waals surface area contributed by atoms with Crippen molar-refractivity contribution in [1.82, 2.24) is 0 Å². The third-order valence-corrected chi connectivity index (χ3v) is 5.63. The largest absolute Gasteiger partial charge is 0.460 e. The molecule has 0 fully saturated rings. The molecule has 0 aromatic heterocycles. The van der Waals surface area contributed by atoms with Crippen LogP contribution < -0.4 is 0 Å². The summed E-state index contributed by atoms with van der Waals surface area (Å²) in [7, 11) is -1.13. The molecule has 1 aromatic rings. The highest BCUT2D eigenvalue weighted by molar-refractivity contribution is 7.85. The lowest BCUT2D eigenvalue weighted by atomic mass is 9.79. The zero-order chi connectivity index (χ0) is 17.8. The minimum absolute atomic E-state index is 0.203. The van der Waals surface area contributed by atoms with Crippen LogP contribution in [-0.2, 0) is 20.3 Å². The van der Waals surface area contributed by atoms with Gasteiger partial charge in [0.15, 0.2) is 0 Å². The lowest BCUT2D eigenvalue weighted by molar-refractivity contribution is -0.163. The van der Waals surface area contributed by atoms with Crippen LogP contribution >= 0.6 is 0 Å². The molecule has 0 radical (unpaired) electrons. The van der Waals surface area contributed by atoms with Gasteiger partial charge in [0.2, 0.25) is 0 Å². The molecule has 0 heterocycles. The van der Waals surface area contributed by atoms with E-state index in [0.717, 1.165) is 10.5 Å². The van der Waals surface area contributed by atoms with E-state index in [1.54, 1.807) is 0 Å². The predicted molar refractivity (Wildman–Crippen MR) is 95.9 cm³/mol. The van der Waals surface area contributed by atoms with Crippen molar-refractivity contribution in [3.63, 3.8) is 0 Å². The monoisotopic (exact) mass is 338 g/mol. The Hall–Kier alpha value is -1.16. The molecule has 0 aliphatic rings. The third kappa shape index (κ3) is 6.09. The number of esters is 1. The summed E-state index contributed by atoms with van der Waals surface area (Å²) in [5, 5.41) is 0. The number of aryl methyl sites for hydroxylation is 1. The lowest BCUT2D eigenvalue weighted by Gasteiger charge is -2.34. The van der Waals surface area contributed by atoms with Crippen LogP contribution in [-0.4, -0.2) is 21.5 Å². The number of benzene rings is 1. The Morgan fingerprint density at radius 1 is 1.13 bits per heavy atom. The molecular formula is C19H30O3S. The summed E-state index contributed by atoms with van der Waals surface area (Å²) in [4.78, 5) is 13.3. The summed E-state index contributed by atoms with van der Waals surface area (Å²) in [5.41, 5.74) is 0.244. The van der Waals surface area contributed by atoms with Gasteiger partial charge in [-0.15, -0.1) is 0 Å². The highest BCUT2D eigenvalue weighted by atomic mass is 32.2. The van der Waals surface area contributed by atoms with E-state index in [4.69, 9.17) is 4.74 Å². The van der Waals surface area contributed by atoms with Gasteiger partial charge in [-0.25, -0.2) is 0 Å². The van der Waals surface area contributed by atoms with Crippen molar-refractivity contribution in [2.75, 3.05) is 5.75 Å². The van der Waals surface area contributed by atoms with Gasteiger partial charge in [0.05, 0.1) is 16.7 Å². The quantitative estimate of drug-likeness (QED) is 0.717. The first-order chi connectivity index (χ1) is 10.5. The van der Waals surface area contributed by atoms with Gasteiger partial charge in [-0.2, -0.15) is 0 Å². The van der Waals surface area contributed by atoms with Crippen molar-refractivity contribution in [2.24, 2.45) is 11.3 Å². The van der Waals surface area contributed by atoms with E-state index in [-0.39, 0.29) is 11.9 Å². The zero-order valence-electron chi connectivity index (χ0n) is 15.4. The number of rotatable bonds is 6. The molecule has 2 atom stereocenters. The van der Waals surface area contributed by atoms with Gasteiger partial charge in [-0.1, -0.05) is 38.5 Å². The second-order valence-corrected chi connectivity index (χ2v) is 9.24. The summed E-state index contributed by atoms with van der Waals surface area (Å²) in [6, 6.07) is 7.72. The first-order valence-corrected chi connectivity index (χ1v) is 9.46. The summed E-state index contributed by atoms with van der Waals surface area (Å²) >= 11 is 0. The van der Waals surface area contributed by atoms with Crippen molar-refractivity contribution >= 4 is 16.8 Å². The van der Waals surface area contributed by atoms with Crippen molar-refractivity contribution in [1.29, 1.82) is 0 Å². The first-order valence-electron chi connectivity index (χ1n) is 8.14. The number of ether oxygens (including phenoxy) is 1. The fraction of sp³-hybridized carbons (Fsp3) is 0.632. The predicted octanol–water partition coefficient (Wildman–Crippen LogP) is 4.50. The second-order valence-electron chi connectivity index (χ2n) is 7.79. The van der Waals surface area contributed by atoms with Gasteiger partial charge in [-0.3, -0.25) is 9.00 Å². The molecule has 0 aliphatic heterocycles. The van der Waals surface area contributed by atoms with Crippen molar-refractivity contribution < 1.29 is 13.7 Å². The van der Waals surface area contributed by atoms with E-state index in [1.807, 2.05) is 72.7 Å². The Kier molecular flexibility index (Phi) is 6.58. The highest BCUT2D eigenvalue weighted by Gasteiger charge is 2.38. The van der Waals surface area contributed by atoms with Crippen molar-refractivity contribution in [3.05, 3.63) is 29.8 Å². The molecule has 1 rings (SSSR count). The van der Waals surface area contributed by atoms with Crippen LogP contribution in [0.1, 0.15) is 53.5 Å². The summed E-state index contributed by atoms with van der Waals surface area (Å²) in [6.45, 7) is 13.6. The Morgan fingerprint density at radius 2 is 1.65 bits per heavy atom. The van der Waals surface area contributed by atoms with E-state index < -0.39 is 21.8 Å². The molecule has 3 nitrogen and oxygen atoms in total. The topological polar surface area (TPSA) is 43.4 Å². The number of hydrogen-bond donors (Lipinski definition) is 0. The first kappa shape index (κ1) is 19.9. The zero-order valence-corrected chi connectivity index (χ0v) is 16.3. The van der Waals surface area contributed by atoms with Crippen LogP contribution in [0.25, 0.3) is 0 Å². The van der Waals surface area contributed by atoms with E-state index in [9.17, 15) is 9.00 Å². The van der Waals surface area contributed by atoms with Crippen LogP contribution in [0.5, 0.6) is 0 Å². The van der Waals surface area contributed by atoms with Gasteiger partial charge in [0.25, 0.3) is 0 Å².